The predicted molar refractivity (Wildman–Crippen MR) is 150 cm³/mol. The first-order chi connectivity index (χ1) is 18.5. The van der Waals surface area contributed by atoms with Crippen LogP contribution in [0.5, 0.6) is 0 Å². The molecular formula is C29H34ClN7O. The summed E-state index contributed by atoms with van der Waals surface area (Å²) in [4.78, 5) is 21.7. The van der Waals surface area contributed by atoms with Crippen molar-refractivity contribution in [3.63, 3.8) is 0 Å². The SMILES string of the molecule is Cc1cc(C)c2[nH]c(=O)c([C@@H](c3nnnn3C3CCCC3)N3CCN(Cc4ccc(Cl)cc4)CC3)cc2c1. The van der Waals surface area contributed by atoms with E-state index in [-0.39, 0.29) is 17.6 Å². The highest BCUT2D eigenvalue weighted by Gasteiger charge is 2.34. The third kappa shape index (κ3) is 5.00. The predicted octanol–water partition coefficient (Wildman–Crippen LogP) is 4.81. The van der Waals surface area contributed by atoms with Gasteiger partial charge in [0.2, 0.25) is 0 Å². The molecule has 0 unspecified atom stereocenters. The fourth-order valence-corrected chi connectivity index (χ4v) is 6.35. The van der Waals surface area contributed by atoms with E-state index in [9.17, 15) is 4.79 Å². The second-order valence-corrected chi connectivity index (χ2v) is 11.3. The van der Waals surface area contributed by atoms with Gasteiger partial charge in [0, 0.05) is 43.3 Å². The summed E-state index contributed by atoms with van der Waals surface area (Å²) >= 11 is 6.08. The van der Waals surface area contributed by atoms with Crippen LogP contribution in [0.15, 0.2) is 47.3 Å². The Morgan fingerprint density at radius 3 is 2.50 bits per heavy atom. The van der Waals surface area contributed by atoms with E-state index in [0.29, 0.717) is 5.56 Å². The largest absolute Gasteiger partial charge is 0.321 e. The van der Waals surface area contributed by atoms with Gasteiger partial charge in [-0.3, -0.25) is 14.6 Å². The standard InChI is InChI=1S/C29H34ClN7O/c1-19-15-20(2)26-22(16-19)17-25(29(38)31-26)27(28-32-33-34-37(28)24-5-3-4-6-24)36-13-11-35(12-14-36)18-21-7-9-23(30)10-8-21/h7-10,15-17,24,27H,3-6,11-14,18H2,1-2H3,(H,31,38)/t27-/m0/s1. The summed E-state index contributed by atoms with van der Waals surface area (Å²) in [5.41, 5.74) is 5.04. The molecule has 4 aromatic rings. The zero-order valence-electron chi connectivity index (χ0n) is 22.0. The zero-order valence-corrected chi connectivity index (χ0v) is 22.8. The summed E-state index contributed by atoms with van der Waals surface area (Å²) in [5, 5.41) is 14.9. The molecule has 1 saturated carbocycles. The quantitative estimate of drug-likeness (QED) is 0.384. The molecule has 1 aliphatic heterocycles. The lowest BCUT2D eigenvalue weighted by molar-refractivity contribution is 0.0989. The van der Waals surface area contributed by atoms with Gasteiger partial charge in [-0.2, -0.15) is 0 Å². The van der Waals surface area contributed by atoms with Crippen LogP contribution in [0.2, 0.25) is 5.02 Å². The Morgan fingerprint density at radius 1 is 1.03 bits per heavy atom. The number of fused-ring (bicyclic) bond motifs is 1. The van der Waals surface area contributed by atoms with Crippen molar-refractivity contribution >= 4 is 22.5 Å². The van der Waals surface area contributed by atoms with Crippen LogP contribution in [0.25, 0.3) is 10.9 Å². The highest BCUT2D eigenvalue weighted by molar-refractivity contribution is 6.30. The van der Waals surface area contributed by atoms with Crippen molar-refractivity contribution in [1.29, 1.82) is 0 Å². The minimum Gasteiger partial charge on any atom is -0.321 e. The molecule has 0 spiro atoms. The third-order valence-electron chi connectivity index (χ3n) is 8.14. The van der Waals surface area contributed by atoms with Crippen LogP contribution in [0.4, 0.5) is 0 Å². The lowest BCUT2D eigenvalue weighted by atomic mass is 10.00. The van der Waals surface area contributed by atoms with Gasteiger partial charge in [0.1, 0.15) is 6.04 Å². The number of benzene rings is 2. The number of pyridine rings is 1. The van der Waals surface area contributed by atoms with Crippen molar-refractivity contribution in [2.45, 2.75) is 58.2 Å². The van der Waals surface area contributed by atoms with E-state index in [1.807, 2.05) is 23.7 Å². The first-order valence-corrected chi connectivity index (χ1v) is 14.0. The Bertz CT molecular complexity index is 1480. The van der Waals surface area contributed by atoms with Crippen LogP contribution in [-0.4, -0.2) is 61.2 Å². The molecule has 2 aliphatic rings. The summed E-state index contributed by atoms with van der Waals surface area (Å²) in [6.45, 7) is 8.45. The maximum Gasteiger partial charge on any atom is 0.253 e. The molecule has 3 heterocycles. The highest BCUT2D eigenvalue weighted by atomic mass is 35.5. The second kappa shape index (κ2) is 10.6. The maximum absolute atomic E-state index is 13.6. The number of tetrazole rings is 1. The van der Waals surface area contributed by atoms with Crippen molar-refractivity contribution < 1.29 is 0 Å². The molecular weight excluding hydrogens is 498 g/mol. The Balaban J connectivity index is 1.35. The zero-order chi connectivity index (χ0) is 26.2. The van der Waals surface area contributed by atoms with E-state index in [1.54, 1.807) is 0 Å². The topological polar surface area (TPSA) is 82.9 Å². The summed E-state index contributed by atoms with van der Waals surface area (Å²) in [5.74, 6) is 0.775. The third-order valence-corrected chi connectivity index (χ3v) is 8.39. The first kappa shape index (κ1) is 25.2. The van der Waals surface area contributed by atoms with E-state index in [1.165, 1.54) is 24.0 Å². The molecule has 0 radical (unpaired) electrons. The van der Waals surface area contributed by atoms with Gasteiger partial charge in [-0.1, -0.05) is 48.2 Å². The normalized spacial score (nSPS) is 18.4. The maximum atomic E-state index is 13.6. The molecule has 1 atom stereocenters. The number of nitrogens with zero attached hydrogens (tertiary/aromatic N) is 6. The van der Waals surface area contributed by atoms with Gasteiger partial charge in [-0.25, -0.2) is 4.68 Å². The van der Waals surface area contributed by atoms with E-state index < -0.39 is 0 Å². The molecule has 2 fully saturated rings. The van der Waals surface area contributed by atoms with E-state index in [0.717, 1.165) is 72.9 Å². The average Bonchev–Trinajstić information content (AvgIpc) is 3.60. The lowest BCUT2D eigenvalue weighted by Crippen LogP contribution is -2.48. The van der Waals surface area contributed by atoms with Crippen LogP contribution in [0.3, 0.4) is 0 Å². The Kier molecular flexibility index (Phi) is 7.03. The van der Waals surface area contributed by atoms with Gasteiger partial charge in [-0.15, -0.1) is 5.10 Å². The number of hydrogen-bond acceptors (Lipinski definition) is 6. The van der Waals surface area contributed by atoms with Crippen molar-refractivity contribution in [3.8, 4) is 0 Å². The molecule has 1 aliphatic carbocycles. The van der Waals surface area contributed by atoms with Crippen molar-refractivity contribution in [1.82, 2.24) is 35.0 Å². The molecule has 1 N–H and O–H groups in total. The average molecular weight is 532 g/mol. The number of rotatable bonds is 6. The minimum atomic E-state index is -0.308. The number of halogens is 1. The fourth-order valence-electron chi connectivity index (χ4n) is 6.22. The Morgan fingerprint density at radius 2 is 1.76 bits per heavy atom. The molecule has 8 nitrogen and oxygen atoms in total. The van der Waals surface area contributed by atoms with Gasteiger partial charge >= 0.3 is 0 Å². The van der Waals surface area contributed by atoms with E-state index >= 15 is 0 Å². The molecule has 38 heavy (non-hydrogen) atoms. The fraction of sp³-hybridized carbons (Fsp3) is 0.448. The number of nitrogens with one attached hydrogen (secondary N) is 1. The number of aryl methyl sites for hydroxylation is 2. The van der Waals surface area contributed by atoms with Crippen LogP contribution < -0.4 is 5.56 Å². The molecule has 0 bridgehead atoms. The van der Waals surface area contributed by atoms with Gasteiger partial charge in [0.25, 0.3) is 5.56 Å². The Labute approximate surface area is 227 Å². The van der Waals surface area contributed by atoms with Gasteiger partial charge < -0.3 is 4.98 Å². The second-order valence-electron chi connectivity index (χ2n) is 10.9. The molecule has 2 aromatic heterocycles. The van der Waals surface area contributed by atoms with Crippen LogP contribution in [0, 0.1) is 13.8 Å². The first-order valence-electron chi connectivity index (χ1n) is 13.6. The smallest absolute Gasteiger partial charge is 0.253 e. The summed E-state index contributed by atoms with van der Waals surface area (Å²) < 4.78 is 2.00. The highest BCUT2D eigenvalue weighted by Crippen LogP contribution is 2.34. The number of aromatic nitrogens is 5. The summed E-state index contributed by atoms with van der Waals surface area (Å²) in [7, 11) is 0. The van der Waals surface area contributed by atoms with Crippen molar-refractivity contribution in [2.75, 3.05) is 26.2 Å². The molecule has 0 amide bonds. The van der Waals surface area contributed by atoms with E-state index in [2.05, 4.69) is 67.6 Å². The minimum absolute atomic E-state index is 0.0704. The summed E-state index contributed by atoms with van der Waals surface area (Å²) in [6.07, 6.45) is 4.53. The number of hydrogen-bond donors (Lipinski definition) is 1. The van der Waals surface area contributed by atoms with Gasteiger partial charge in [0.15, 0.2) is 5.82 Å². The van der Waals surface area contributed by atoms with Crippen molar-refractivity contribution in [2.24, 2.45) is 0 Å². The molecule has 6 rings (SSSR count). The molecule has 9 heteroatoms. The van der Waals surface area contributed by atoms with Crippen LogP contribution in [-0.2, 0) is 6.54 Å². The number of H-pyrrole nitrogens is 1. The number of piperazine rings is 1. The van der Waals surface area contributed by atoms with Crippen LogP contribution in [0.1, 0.15) is 65.8 Å². The Hall–Kier alpha value is -3.07. The van der Waals surface area contributed by atoms with E-state index in [4.69, 9.17) is 11.6 Å². The monoisotopic (exact) mass is 531 g/mol. The molecule has 2 aromatic carbocycles. The summed E-state index contributed by atoms with van der Waals surface area (Å²) in [6, 6.07) is 14.4. The number of aromatic amines is 1. The molecule has 198 valence electrons. The van der Waals surface area contributed by atoms with Crippen molar-refractivity contribution in [3.05, 3.63) is 85.9 Å². The van der Waals surface area contributed by atoms with Crippen LogP contribution >= 0.6 is 11.6 Å². The van der Waals surface area contributed by atoms with Gasteiger partial charge in [0.05, 0.1) is 11.6 Å². The van der Waals surface area contributed by atoms with Gasteiger partial charge in [-0.05, 0) is 77.9 Å². The lowest BCUT2D eigenvalue weighted by Gasteiger charge is -2.39. The molecule has 1 saturated heterocycles.